The number of nitrogens with zero attached hydrogens (tertiary/aromatic N) is 2. The lowest BCUT2D eigenvalue weighted by atomic mass is 10.1. The summed E-state index contributed by atoms with van der Waals surface area (Å²) in [6.07, 6.45) is 2.53. The number of aromatic nitrogens is 2. The molecule has 0 bridgehead atoms. The summed E-state index contributed by atoms with van der Waals surface area (Å²) in [6.45, 7) is 7.35. The van der Waals surface area contributed by atoms with Crippen molar-refractivity contribution in [1.82, 2.24) is 15.1 Å². The van der Waals surface area contributed by atoms with Gasteiger partial charge in [-0.3, -0.25) is 14.3 Å². The fraction of sp³-hybridized carbons (Fsp3) is 0.500. The summed E-state index contributed by atoms with van der Waals surface area (Å²) in [5, 5.41) is 10.3. The van der Waals surface area contributed by atoms with Crippen LogP contribution in [0.4, 0.5) is 5.69 Å². The molecule has 0 radical (unpaired) electrons. The summed E-state index contributed by atoms with van der Waals surface area (Å²) >= 11 is 0. The van der Waals surface area contributed by atoms with Gasteiger partial charge < -0.3 is 20.1 Å². The standard InChI is InChI=1S/C22H30N4O4/c1-13-14(2)25-26(15(13)3)10-6-9-23-21(27)17-11-18(24-22(28)16-7-8-16)20(30-5)19(12-17)29-4/h11-12,16H,6-10H2,1-5H3,(H,23,27)(H,24,28). The summed E-state index contributed by atoms with van der Waals surface area (Å²) in [7, 11) is 3.01. The summed E-state index contributed by atoms with van der Waals surface area (Å²) in [6, 6.07) is 3.24. The number of anilines is 1. The molecule has 0 saturated heterocycles. The van der Waals surface area contributed by atoms with Crippen molar-refractivity contribution in [2.75, 3.05) is 26.1 Å². The number of rotatable bonds is 9. The predicted octanol–water partition coefficient (Wildman–Crippen LogP) is 2.99. The highest BCUT2D eigenvalue weighted by molar-refractivity contribution is 6.00. The molecule has 0 atom stereocenters. The van der Waals surface area contributed by atoms with Gasteiger partial charge in [-0.15, -0.1) is 0 Å². The molecule has 3 rings (SSSR count). The van der Waals surface area contributed by atoms with Gasteiger partial charge in [-0.25, -0.2) is 0 Å². The predicted molar refractivity (Wildman–Crippen MR) is 114 cm³/mol. The minimum Gasteiger partial charge on any atom is -0.493 e. The monoisotopic (exact) mass is 414 g/mol. The van der Waals surface area contributed by atoms with E-state index in [2.05, 4.69) is 29.6 Å². The molecule has 0 spiro atoms. The van der Waals surface area contributed by atoms with E-state index in [1.165, 1.54) is 19.8 Å². The Morgan fingerprint density at radius 3 is 2.47 bits per heavy atom. The molecular formula is C22H30N4O4. The summed E-state index contributed by atoms with van der Waals surface area (Å²) in [5.41, 5.74) is 4.22. The highest BCUT2D eigenvalue weighted by Gasteiger charge is 2.30. The Morgan fingerprint density at radius 1 is 1.17 bits per heavy atom. The fourth-order valence-corrected chi connectivity index (χ4v) is 3.31. The van der Waals surface area contributed by atoms with Crippen molar-refractivity contribution in [3.05, 3.63) is 34.6 Å². The molecule has 2 N–H and O–H groups in total. The fourth-order valence-electron chi connectivity index (χ4n) is 3.31. The molecule has 0 aliphatic heterocycles. The highest BCUT2D eigenvalue weighted by Crippen LogP contribution is 2.38. The van der Waals surface area contributed by atoms with Crippen LogP contribution < -0.4 is 20.1 Å². The van der Waals surface area contributed by atoms with E-state index in [0.29, 0.717) is 29.3 Å². The molecule has 1 fully saturated rings. The van der Waals surface area contributed by atoms with Crippen molar-refractivity contribution in [2.45, 2.75) is 46.6 Å². The van der Waals surface area contributed by atoms with Crippen LogP contribution in [-0.2, 0) is 11.3 Å². The third-order valence-electron chi connectivity index (χ3n) is 5.52. The Labute approximate surface area is 176 Å². The average Bonchev–Trinajstić information content (AvgIpc) is 3.55. The largest absolute Gasteiger partial charge is 0.493 e. The van der Waals surface area contributed by atoms with Crippen molar-refractivity contribution in [2.24, 2.45) is 5.92 Å². The summed E-state index contributed by atoms with van der Waals surface area (Å²) < 4.78 is 12.7. The van der Waals surface area contributed by atoms with E-state index in [0.717, 1.165) is 37.2 Å². The quantitative estimate of drug-likeness (QED) is 0.615. The maximum absolute atomic E-state index is 12.7. The Balaban J connectivity index is 1.65. The highest BCUT2D eigenvalue weighted by atomic mass is 16.5. The van der Waals surface area contributed by atoms with Crippen LogP contribution in [0.1, 0.15) is 46.6 Å². The number of hydrogen-bond donors (Lipinski definition) is 2. The molecule has 162 valence electrons. The molecule has 30 heavy (non-hydrogen) atoms. The maximum Gasteiger partial charge on any atom is 0.251 e. The van der Waals surface area contributed by atoms with Crippen LogP contribution in [0.5, 0.6) is 11.5 Å². The zero-order valence-corrected chi connectivity index (χ0v) is 18.3. The molecular weight excluding hydrogens is 384 g/mol. The topological polar surface area (TPSA) is 94.5 Å². The molecule has 1 saturated carbocycles. The lowest BCUT2D eigenvalue weighted by Gasteiger charge is -2.16. The molecule has 1 aliphatic carbocycles. The first-order chi connectivity index (χ1) is 14.3. The van der Waals surface area contributed by atoms with Gasteiger partial charge in [0.2, 0.25) is 5.91 Å². The minimum absolute atomic E-state index is 0.0382. The zero-order valence-electron chi connectivity index (χ0n) is 18.3. The number of aryl methyl sites for hydroxylation is 2. The Bertz CT molecular complexity index is 947. The maximum atomic E-state index is 12.7. The Kier molecular flexibility index (Phi) is 6.64. The van der Waals surface area contributed by atoms with E-state index in [1.54, 1.807) is 12.1 Å². The van der Waals surface area contributed by atoms with Gasteiger partial charge in [-0.1, -0.05) is 0 Å². The van der Waals surface area contributed by atoms with E-state index in [-0.39, 0.29) is 17.7 Å². The van der Waals surface area contributed by atoms with Gasteiger partial charge in [-0.2, -0.15) is 5.10 Å². The average molecular weight is 415 g/mol. The van der Waals surface area contributed by atoms with Gasteiger partial charge in [0.05, 0.1) is 25.6 Å². The zero-order chi connectivity index (χ0) is 21.8. The van der Waals surface area contributed by atoms with Crippen LogP contribution in [0.15, 0.2) is 12.1 Å². The number of carbonyl (C=O) groups excluding carboxylic acids is 2. The SMILES string of the molecule is COc1cc(C(=O)NCCCn2nc(C)c(C)c2C)cc(NC(=O)C2CC2)c1OC. The van der Waals surface area contributed by atoms with Gasteiger partial charge in [0.25, 0.3) is 5.91 Å². The van der Waals surface area contributed by atoms with Crippen LogP contribution >= 0.6 is 0 Å². The van der Waals surface area contributed by atoms with Crippen LogP contribution in [0, 0.1) is 26.7 Å². The van der Waals surface area contributed by atoms with Gasteiger partial charge >= 0.3 is 0 Å². The molecule has 2 aromatic rings. The van der Waals surface area contributed by atoms with Crippen LogP contribution in [0.25, 0.3) is 0 Å². The van der Waals surface area contributed by atoms with E-state index >= 15 is 0 Å². The number of methoxy groups -OCH3 is 2. The van der Waals surface area contributed by atoms with Gasteiger partial charge in [0.1, 0.15) is 0 Å². The number of ether oxygens (including phenoxy) is 2. The Hall–Kier alpha value is -3.03. The van der Waals surface area contributed by atoms with Crippen molar-refractivity contribution in [3.8, 4) is 11.5 Å². The first-order valence-corrected chi connectivity index (χ1v) is 10.2. The number of carbonyl (C=O) groups is 2. The third-order valence-corrected chi connectivity index (χ3v) is 5.52. The van der Waals surface area contributed by atoms with Crippen molar-refractivity contribution >= 4 is 17.5 Å². The minimum atomic E-state index is -0.234. The van der Waals surface area contributed by atoms with Crippen molar-refractivity contribution < 1.29 is 19.1 Å². The van der Waals surface area contributed by atoms with Crippen LogP contribution in [-0.4, -0.2) is 42.4 Å². The van der Waals surface area contributed by atoms with Gasteiger partial charge in [0.15, 0.2) is 11.5 Å². The normalized spacial score (nSPS) is 13.1. The van der Waals surface area contributed by atoms with Gasteiger partial charge in [-0.05, 0) is 57.7 Å². The summed E-state index contributed by atoms with van der Waals surface area (Å²) in [5.74, 6) is 0.545. The molecule has 8 heteroatoms. The van der Waals surface area contributed by atoms with Gasteiger partial charge in [0, 0.05) is 30.3 Å². The Morgan fingerprint density at radius 2 is 1.90 bits per heavy atom. The number of benzene rings is 1. The first-order valence-electron chi connectivity index (χ1n) is 10.2. The number of amides is 2. The van der Waals surface area contributed by atoms with E-state index in [9.17, 15) is 9.59 Å². The molecule has 0 unspecified atom stereocenters. The number of hydrogen-bond acceptors (Lipinski definition) is 5. The van der Waals surface area contributed by atoms with Crippen molar-refractivity contribution in [3.63, 3.8) is 0 Å². The first kappa shape index (κ1) is 21.7. The lowest BCUT2D eigenvalue weighted by molar-refractivity contribution is -0.117. The molecule has 1 aromatic heterocycles. The summed E-state index contributed by atoms with van der Waals surface area (Å²) in [4.78, 5) is 24.9. The lowest BCUT2D eigenvalue weighted by Crippen LogP contribution is -2.26. The number of nitrogens with one attached hydrogen (secondary N) is 2. The molecule has 1 aliphatic rings. The van der Waals surface area contributed by atoms with E-state index in [1.807, 2.05) is 11.6 Å². The third kappa shape index (κ3) is 4.75. The second-order valence-corrected chi connectivity index (χ2v) is 7.65. The molecule has 1 heterocycles. The molecule has 8 nitrogen and oxygen atoms in total. The van der Waals surface area contributed by atoms with Crippen molar-refractivity contribution in [1.29, 1.82) is 0 Å². The van der Waals surface area contributed by atoms with Crippen LogP contribution in [0.3, 0.4) is 0 Å². The van der Waals surface area contributed by atoms with Crippen LogP contribution in [0.2, 0.25) is 0 Å². The molecule has 1 aromatic carbocycles. The molecule has 2 amide bonds. The van der Waals surface area contributed by atoms with E-state index < -0.39 is 0 Å². The van der Waals surface area contributed by atoms with E-state index in [4.69, 9.17) is 9.47 Å². The second kappa shape index (κ2) is 9.19. The smallest absolute Gasteiger partial charge is 0.251 e. The second-order valence-electron chi connectivity index (χ2n) is 7.65.